The van der Waals surface area contributed by atoms with Crippen molar-refractivity contribution in [2.45, 2.75) is 38.8 Å². The molecule has 0 aliphatic carbocycles. The molecule has 1 aromatic carbocycles. The van der Waals surface area contributed by atoms with Gasteiger partial charge < -0.3 is 5.32 Å². The number of piperidine rings is 1. The fourth-order valence-corrected chi connectivity index (χ4v) is 4.24. The van der Waals surface area contributed by atoms with Gasteiger partial charge in [0, 0.05) is 30.9 Å². The number of fused-ring (bicyclic) bond motifs is 1. The van der Waals surface area contributed by atoms with Crippen molar-refractivity contribution in [2.75, 3.05) is 13.1 Å². The van der Waals surface area contributed by atoms with E-state index < -0.39 is 0 Å². The molecule has 0 unspecified atom stereocenters. The molecule has 6 heteroatoms. The number of likely N-dealkylation sites (tertiary alicyclic amines) is 1. The van der Waals surface area contributed by atoms with E-state index in [1.54, 1.807) is 11.3 Å². The number of amides is 1. The lowest BCUT2D eigenvalue weighted by molar-refractivity contribution is -0.120. The molecule has 3 heterocycles. The van der Waals surface area contributed by atoms with Crippen molar-refractivity contribution in [3.05, 3.63) is 58.9 Å². The van der Waals surface area contributed by atoms with Crippen molar-refractivity contribution in [1.82, 2.24) is 19.6 Å². The van der Waals surface area contributed by atoms with Gasteiger partial charge in [0.15, 0.2) is 4.96 Å². The molecule has 3 aromatic rings. The smallest absolute Gasteiger partial charge is 0.226 e. The average molecular weight is 369 g/mol. The monoisotopic (exact) mass is 368 g/mol. The van der Waals surface area contributed by atoms with Gasteiger partial charge >= 0.3 is 0 Å². The van der Waals surface area contributed by atoms with Crippen molar-refractivity contribution in [3.63, 3.8) is 0 Å². The van der Waals surface area contributed by atoms with Gasteiger partial charge in [-0.15, -0.1) is 11.3 Å². The summed E-state index contributed by atoms with van der Waals surface area (Å²) in [6.45, 7) is 3.91. The van der Waals surface area contributed by atoms with Crippen LogP contribution >= 0.6 is 11.3 Å². The van der Waals surface area contributed by atoms with E-state index in [0.717, 1.165) is 17.2 Å². The first kappa shape index (κ1) is 17.2. The molecule has 0 atom stereocenters. The topological polar surface area (TPSA) is 49.6 Å². The van der Waals surface area contributed by atoms with Crippen LogP contribution in [0.1, 0.15) is 36.1 Å². The Bertz CT molecular complexity index is 850. The summed E-state index contributed by atoms with van der Waals surface area (Å²) < 4.78 is 1.96. The van der Waals surface area contributed by atoms with Crippen LogP contribution in [0.2, 0.25) is 0 Å². The SMILES string of the molecule is O=C(Cc1cn2ccsc2n1)NCc1ccccc1CN1CCCCC1. The average Bonchev–Trinajstić information content (AvgIpc) is 3.23. The molecule has 0 spiro atoms. The van der Waals surface area contributed by atoms with Crippen molar-refractivity contribution >= 4 is 22.2 Å². The van der Waals surface area contributed by atoms with Gasteiger partial charge in [-0.05, 0) is 37.1 Å². The first-order valence-electron chi connectivity index (χ1n) is 9.25. The molecule has 1 aliphatic rings. The number of benzene rings is 1. The van der Waals surface area contributed by atoms with E-state index in [1.807, 2.05) is 28.2 Å². The Balaban J connectivity index is 1.34. The Morgan fingerprint density at radius 2 is 1.96 bits per heavy atom. The maximum absolute atomic E-state index is 12.3. The van der Waals surface area contributed by atoms with Gasteiger partial charge in [-0.3, -0.25) is 14.1 Å². The number of carbonyl (C=O) groups is 1. The highest BCUT2D eigenvalue weighted by atomic mass is 32.1. The highest BCUT2D eigenvalue weighted by Crippen LogP contribution is 2.16. The van der Waals surface area contributed by atoms with Crippen LogP contribution in [-0.4, -0.2) is 33.3 Å². The van der Waals surface area contributed by atoms with Crippen molar-refractivity contribution in [3.8, 4) is 0 Å². The third kappa shape index (κ3) is 4.14. The molecular weight excluding hydrogens is 344 g/mol. The minimum Gasteiger partial charge on any atom is -0.352 e. The van der Waals surface area contributed by atoms with Gasteiger partial charge in [0.1, 0.15) is 0 Å². The second-order valence-electron chi connectivity index (χ2n) is 6.88. The fraction of sp³-hybridized carbons (Fsp3) is 0.400. The summed E-state index contributed by atoms with van der Waals surface area (Å²) in [4.78, 5) is 20.2. The molecule has 1 aliphatic heterocycles. The number of imidazole rings is 1. The minimum absolute atomic E-state index is 0.0172. The molecule has 1 amide bonds. The number of carbonyl (C=O) groups excluding carboxylic acids is 1. The number of rotatable bonds is 6. The Labute approximate surface area is 157 Å². The van der Waals surface area contributed by atoms with Crippen LogP contribution in [-0.2, 0) is 24.3 Å². The Morgan fingerprint density at radius 3 is 2.77 bits per heavy atom. The van der Waals surface area contributed by atoms with Gasteiger partial charge in [0.2, 0.25) is 5.91 Å². The Hall–Kier alpha value is -2.18. The second kappa shape index (κ2) is 8.01. The van der Waals surface area contributed by atoms with E-state index in [9.17, 15) is 4.79 Å². The molecular formula is C20H24N4OS. The fourth-order valence-electron chi connectivity index (χ4n) is 3.52. The van der Waals surface area contributed by atoms with Crippen LogP contribution in [0.4, 0.5) is 0 Å². The van der Waals surface area contributed by atoms with Crippen LogP contribution in [0.25, 0.3) is 4.96 Å². The number of aromatic nitrogens is 2. The van der Waals surface area contributed by atoms with E-state index in [1.165, 1.54) is 43.5 Å². The van der Waals surface area contributed by atoms with Gasteiger partial charge in [-0.25, -0.2) is 4.98 Å². The molecule has 0 bridgehead atoms. The number of nitrogens with zero attached hydrogens (tertiary/aromatic N) is 3. The molecule has 4 rings (SSSR count). The molecule has 5 nitrogen and oxygen atoms in total. The van der Waals surface area contributed by atoms with E-state index >= 15 is 0 Å². The van der Waals surface area contributed by atoms with E-state index in [0.29, 0.717) is 13.0 Å². The van der Waals surface area contributed by atoms with Crippen molar-refractivity contribution in [1.29, 1.82) is 0 Å². The first-order chi connectivity index (χ1) is 12.8. The molecule has 136 valence electrons. The third-order valence-electron chi connectivity index (χ3n) is 4.92. The van der Waals surface area contributed by atoms with Crippen LogP contribution in [0.15, 0.2) is 42.0 Å². The quantitative estimate of drug-likeness (QED) is 0.727. The molecule has 26 heavy (non-hydrogen) atoms. The van der Waals surface area contributed by atoms with E-state index in [2.05, 4.69) is 33.4 Å². The first-order valence-corrected chi connectivity index (χ1v) is 10.1. The highest BCUT2D eigenvalue weighted by molar-refractivity contribution is 7.15. The Kier molecular flexibility index (Phi) is 5.32. The number of nitrogens with one attached hydrogen (secondary N) is 1. The largest absolute Gasteiger partial charge is 0.352 e. The predicted molar refractivity (Wildman–Crippen MR) is 104 cm³/mol. The van der Waals surface area contributed by atoms with Crippen LogP contribution in [0.3, 0.4) is 0 Å². The maximum atomic E-state index is 12.3. The minimum atomic E-state index is 0.0172. The zero-order valence-electron chi connectivity index (χ0n) is 14.9. The summed E-state index contributed by atoms with van der Waals surface area (Å²) in [6.07, 6.45) is 8.14. The summed E-state index contributed by atoms with van der Waals surface area (Å²) in [6, 6.07) is 8.43. The number of thiazole rings is 1. The number of hydrogen-bond acceptors (Lipinski definition) is 4. The molecule has 1 saturated heterocycles. The van der Waals surface area contributed by atoms with Crippen LogP contribution < -0.4 is 5.32 Å². The molecule has 1 N–H and O–H groups in total. The Morgan fingerprint density at radius 1 is 1.15 bits per heavy atom. The summed E-state index contributed by atoms with van der Waals surface area (Å²) in [5.41, 5.74) is 3.34. The van der Waals surface area contributed by atoms with E-state index in [4.69, 9.17) is 0 Å². The molecule has 2 aromatic heterocycles. The maximum Gasteiger partial charge on any atom is 0.226 e. The summed E-state index contributed by atoms with van der Waals surface area (Å²) in [7, 11) is 0. The molecule has 0 radical (unpaired) electrons. The molecule has 1 fully saturated rings. The normalized spacial score (nSPS) is 15.4. The van der Waals surface area contributed by atoms with Gasteiger partial charge in [0.25, 0.3) is 0 Å². The molecule has 0 saturated carbocycles. The van der Waals surface area contributed by atoms with Crippen molar-refractivity contribution in [2.24, 2.45) is 0 Å². The highest BCUT2D eigenvalue weighted by Gasteiger charge is 2.13. The third-order valence-corrected chi connectivity index (χ3v) is 5.69. The van der Waals surface area contributed by atoms with E-state index in [-0.39, 0.29) is 5.91 Å². The van der Waals surface area contributed by atoms with Gasteiger partial charge in [-0.1, -0.05) is 30.7 Å². The summed E-state index contributed by atoms with van der Waals surface area (Å²) in [5.74, 6) is 0.0172. The zero-order chi connectivity index (χ0) is 17.8. The lowest BCUT2D eigenvalue weighted by Crippen LogP contribution is -2.30. The van der Waals surface area contributed by atoms with Crippen LogP contribution in [0, 0.1) is 0 Å². The van der Waals surface area contributed by atoms with Gasteiger partial charge in [0.05, 0.1) is 12.1 Å². The summed E-state index contributed by atoms with van der Waals surface area (Å²) >= 11 is 1.58. The second-order valence-corrected chi connectivity index (χ2v) is 7.76. The lowest BCUT2D eigenvalue weighted by atomic mass is 10.0. The predicted octanol–water partition coefficient (Wildman–Crippen LogP) is 3.24. The lowest BCUT2D eigenvalue weighted by Gasteiger charge is -2.27. The van der Waals surface area contributed by atoms with Crippen molar-refractivity contribution < 1.29 is 4.79 Å². The summed E-state index contributed by atoms with van der Waals surface area (Å²) in [5, 5.41) is 5.05. The van der Waals surface area contributed by atoms with Crippen LogP contribution in [0.5, 0.6) is 0 Å². The number of hydrogen-bond donors (Lipinski definition) is 1. The zero-order valence-corrected chi connectivity index (χ0v) is 15.7. The standard InChI is InChI=1S/C20H24N4OS/c25-19(12-18-15-24-10-11-26-20(24)22-18)21-13-16-6-2-3-7-17(16)14-23-8-4-1-5-9-23/h2-3,6-7,10-11,15H,1,4-5,8-9,12-14H2,(H,21,25). The van der Waals surface area contributed by atoms with Gasteiger partial charge in [-0.2, -0.15) is 0 Å².